The van der Waals surface area contributed by atoms with Crippen LogP contribution in [0.3, 0.4) is 0 Å². The summed E-state index contributed by atoms with van der Waals surface area (Å²) in [5, 5.41) is 3.12. The van der Waals surface area contributed by atoms with Crippen LogP contribution in [0.4, 0.5) is 5.82 Å². The van der Waals surface area contributed by atoms with E-state index in [4.69, 9.17) is 0 Å². The van der Waals surface area contributed by atoms with Crippen LogP contribution in [0.5, 0.6) is 0 Å². The minimum absolute atomic E-state index is 0.794. The third kappa shape index (κ3) is 2.79. The van der Waals surface area contributed by atoms with Gasteiger partial charge in [-0.05, 0) is 57.1 Å². The van der Waals surface area contributed by atoms with Crippen molar-refractivity contribution in [1.82, 2.24) is 9.97 Å². The van der Waals surface area contributed by atoms with Crippen molar-refractivity contribution in [2.45, 2.75) is 13.3 Å². The van der Waals surface area contributed by atoms with Crippen LogP contribution in [0.15, 0.2) is 15.9 Å². The molecule has 0 fully saturated rings. The van der Waals surface area contributed by atoms with Gasteiger partial charge in [0.15, 0.2) is 5.82 Å². The molecule has 2 rings (SSSR count). The molecule has 0 aliphatic heterocycles. The van der Waals surface area contributed by atoms with Crippen molar-refractivity contribution in [2.75, 3.05) is 12.4 Å². The van der Waals surface area contributed by atoms with Crippen LogP contribution in [0.1, 0.15) is 12.6 Å². The highest BCUT2D eigenvalue weighted by Gasteiger charge is 2.12. The molecule has 17 heavy (non-hydrogen) atoms. The summed E-state index contributed by atoms with van der Waals surface area (Å²) in [4.78, 5) is 10.2. The first kappa shape index (κ1) is 13.2. The topological polar surface area (TPSA) is 37.8 Å². The molecule has 0 bridgehead atoms. The normalized spacial score (nSPS) is 10.6. The molecule has 6 heteroatoms. The van der Waals surface area contributed by atoms with Gasteiger partial charge in [0.05, 0.1) is 17.9 Å². The van der Waals surface area contributed by atoms with Crippen molar-refractivity contribution in [2.24, 2.45) is 0 Å². The first-order valence-electron chi connectivity index (χ1n) is 5.15. The highest BCUT2D eigenvalue weighted by Crippen LogP contribution is 2.31. The highest BCUT2D eigenvalue weighted by molar-refractivity contribution is 14.1. The van der Waals surface area contributed by atoms with Crippen LogP contribution < -0.4 is 5.32 Å². The van der Waals surface area contributed by atoms with E-state index in [9.17, 15) is 0 Å². The maximum atomic E-state index is 4.61. The number of halogens is 2. The molecule has 2 aromatic rings. The van der Waals surface area contributed by atoms with E-state index in [1.54, 1.807) is 11.3 Å². The lowest BCUT2D eigenvalue weighted by Crippen LogP contribution is -2.04. The zero-order chi connectivity index (χ0) is 12.4. The average Bonchev–Trinajstić information content (AvgIpc) is 2.76. The van der Waals surface area contributed by atoms with Gasteiger partial charge in [-0.2, -0.15) is 0 Å². The van der Waals surface area contributed by atoms with E-state index in [0.29, 0.717) is 0 Å². The zero-order valence-electron chi connectivity index (χ0n) is 9.42. The summed E-state index contributed by atoms with van der Waals surface area (Å²) in [7, 11) is 1.89. The molecule has 0 saturated heterocycles. The van der Waals surface area contributed by atoms with E-state index in [1.807, 2.05) is 19.2 Å². The number of hydrogen-bond acceptors (Lipinski definition) is 4. The molecule has 1 N–H and O–H groups in total. The van der Waals surface area contributed by atoms with Crippen LogP contribution in [0.25, 0.3) is 10.7 Å². The Morgan fingerprint density at radius 2 is 2.18 bits per heavy atom. The zero-order valence-corrected chi connectivity index (χ0v) is 14.0. The van der Waals surface area contributed by atoms with Gasteiger partial charge < -0.3 is 5.32 Å². The van der Waals surface area contributed by atoms with E-state index >= 15 is 0 Å². The maximum absolute atomic E-state index is 4.61. The standard InChI is InChI=1S/C11H11BrIN3S/c1-3-6-9(13)11(14-2)16-10(15-6)7-4-5-8(12)17-7/h4-5H,3H2,1-2H3,(H,14,15,16). The molecular formula is C11H11BrIN3S. The second-order valence-electron chi connectivity index (χ2n) is 3.36. The summed E-state index contributed by atoms with van der Waals surface area (Å²) in [6, 6.07) is 4.06. The van der Waals surface area contributed by atoms with Gasteiger partial charge in [0.25, 0.3) is 0 Å². The fraction of sp³-hybridized carbons (Fsp3) is 0.273. The minimum Gasteiger partial charge on any atom is -0.372 e. The molecule has 2 aromatic heterocycles. The van der Waals surface area contributed by atoms with Crippen molar-refractivity contribution < 1.29 is 0 Å². The van der Waals surface area contributed by atoms with Crippen LogP contribution in [0.2, 0.25) is 0 Å². The molecule has 0 atom stereocenters. The molecule has 90 valence electrons. The molecule has 0 saturated carbocycles. The Kier molecular flexibility index (Phi) is 4.37. The van der Waals surface area contributed by atoms with Gasteiger partial charge >= 0.3 is 0 Å². The Labute approximate surface area is 126 Å². The quantitative estimate of drug-likeness (QED) is 0.752. The molecule has 3 nitrogen and oxygen atoms in total. The summed E-state index contributed by atoms with van der Waals surface area (Å²) >= 11 is 7.40. The number of nitrogens with one attached hydrogen (secondary N) is 1. The largest absolute Gasteiger partial charge is 0.372 e. The third-order valence-electron chi connectivity index (χ3n) is 2.29. The Hall–Kier alpha value is -0.210. The van der Waals surface area contributed by atoms with E-state index in [0.717, 1.165) is 36.0 Å². The first-order chi connectivity index (χ1) is 8.15. The van der Waals surface area contributed by atoms with E-state index in [2.05, 4.69) is 60.7 Å². The van der Waals surface area contributed by atoms with Crippen molar-refractivity contribution in [3.63, 3.8) is 0 Å². The Morgan fingerprint density at radius 3 is 2.71 bits per heavy atom. The molecule has 0 aromatic carbocycles. The SMILES string of the molecule is CCc1nc(-c2ccc(Br)s2)nc(NC)c1I. The Morgan fingerprint density at radius 1 is 1.41 bits per heavy atom. The van der Waals surface area contributed by atoms with E-state index < -0.39 is 0 Å². The van der Waals surface area contributed by atoms with E-state index in [-0.39, 0.29) is 0 Å². The smallest absolute Gasteiger partial charge is 0.171 e. The number of anilines is 1. The Bertz CT molecular complexity index is 516. The van der Waals surface area contributed by atoms with Gasteiger partial charge in [-0.25, -0.2) is 9.97 Å². The number of thiophene rings is 1. The summed E-state index contributed by atoms with van der Waals surface area (Å²) in [6.07, 6.45) is 0.912. The molecule has 0 aliphatic rings. The number of nitrogens with zero attached hydrogens (tertiary/aromatic N) is 2. The lowest BCUT2D eigenvalue weighted by atomic mass is 10.3. The summed E-state index contributed by atoms with van der Waals surface area (Å²) in [6.45, 7) is 2.11. The Balaban J connectivity index is 2.55. The lowest BCUT2D eigenvalue weighted by Gasteiger charge is -2.08. The number of hydrogen-bond donors (Lipinski definition) is 1. The summed E-state index contributed by atoms with van der Waals surface area (Å²) < 4.78 is 2.20. The van der Waals surface area contributed by atoms with Gasteiger partial charge in [-0.15, -0.1) is 11.3 Å². The molecule has 2 heterocycles. The number of rotatable bonds is 3. The summed E-state index contributed by atoms with van der Waals surface area (Å²) in [5.41, 5.74) is 1.09. The monoisotopic (exact) mass is 423 g/mol. The molecule has 0 radical (unpaired) electrons. The van der Waals surface area contributed by atoms with Gasteiger partial charge in [-0.1, -0.05) is 6.92 Å². The highest BCUT2D eigenvalue weighted by atomic mass is 127. The number of aryl methyl sites for hydroxylation is 1. The molecule has 0 amide bonds. The van der Waals surface area contributed by atoms with E-state index in [1.165, 1.54) is 0 Å². The van der Waals surface area contributed by atoms with Crippen molar-refractivity contribution >= 4 is 55.7 Å². The third-order valence-corrected chi connectivity index (χ3v) is 5.04. The second kappa shape index (κ2) is 5.62. The molecule has 0 unspecified atom stereocenters. The predicted molar refractivity (Wildman–Crippen MR) is 84.7 cm³/mol. The number of aromatic nitrogens is 2. The molecule has 0 spiro atoms. The van der Waals surface area contributed by atoms with Gasteiger partial charge in [0.1, 0.15) is 5.82 Å². The van der Waals surface area contributed by atoms with Gasteiger partial charge in [0, 0.05) is 7.05 Å². The summed E-state index contributed by atoms with van der Waals surface area (Å²) in [5.74, 6) is 1.69. The average molecular weight is 424 g/mol. The fourth-order valence-corrected chi connectivity index (χ4v) is 3.65. The predicted octanol–water partition coefficient (Wildman–Crippen LogP) is 4.18. The van der Waals surface area contributed by atoms with Crippen molar-refractivity contribution in [3.05, 3.63) is 25.2 Å². The maximum Gasteiger partial charge on any atom is 0.171 e. The van der Waals surface area contributed by atoms with Crippen LogP contribution in [-0.2, 0) is 6.42 Å². The molecular weight excluding hydrogens is 413 g/mol. The fourth-order valence-electron chi connectivity index (χ4n) is 1.44. The van der Waals surface area contributed by atoms with Crippen molar-refractivity contribution in [1.29, 1.82) is 0 Å². The van der Waals surface area contributed by atoms with Crippen LogP contribution in [-0.4, -0.2) is 17.0 Å². The van der Waals surface area contributed by atoms with Gasteiger partial charge in [-0.3, -0.25) is 0 Å². The van der Waals surface area contributed by atoms with Crippen molar-refractivity contribution in [3.8, 4) is 10.7 Å². The first-order valence-corrected chi connectivity index (χ1v) is 7.84. The second-order valence-corrected chi connectivity index (χ2v) is 6.91. The minimum atomic E-state index is 0.794. The lowest BCUT2D eigenvalue weighted by molar-refractivity contribution is 0.992. The molecule has 0 aliphatic carbocycles. The van der Waals surface area contributed by atoms with Crippen LogP contribution in [0, 0.1) is 3.57 Å². The van der Waals surface area contributed by atoms with Crippen LogP contribution >= 0.6 is 49.9 Å². The van der Waals surface area contributed by atoms with Gasteiger partial charge in [0.2, 0.25) is 0 Å².